The molecule has 1 aromatic heterocycles. The molecule has 1 aliphatic rings. The van der Waals surface area contributed by atoms with Gasteiger partial charge in [-0.3, -0.25) is 0 Å². The molecule has 88 valence electrons. The average molecular weight is 229 g/mol. The van der Waals surface area contributed by atoms with E-state index in [4.69, 9.17) is 4.74 Å². The van der Waals surface area contributed by atoms with E-state index in [9.17, 15) is 0 Å². The number of hydrogen-bond acceptors (Lipinski definition) is 3. The number of aromatic nitrogens is 2. The Morgan fingerprint density at radius 3 is 2.82 bits per heavy atom. The summed E-state index contributed by atoms with van der Waals surface area (Å²) in [6.45, 7) is 2.63. The Morgan fingerprint density at radius 2 is 2.18 bits per heavy atom. The predicted octanol–water partition coefficient (Wildman–Crippen LogP) is 1.53. The summed E-state index contributed by atoms with van der Waals surface area (Å²) in [5, 5.41) is 3.34. The van der Waals surface area contributed by atoms with E-state index in [-0.39, 0.29) is 6.10 Å². The molecule has 1 atom stereocenters. The minimum atomic E-state index is 0.181. The zero-order valence-corrected chi connectivity index (χ0v) is 9.54. The lowest BCUT2D eigenvalue weighted by atomic mass is 10.1. The Bertz CT molecular complexity index is 458. The first-order valence-corrected chi connectivity index (χ1v) is 5.84. The van der Waals surface area contributed by atoms with Crippen molar-refractivity contribution in [1.82, 2.24) is 14.9 Å². The zero-order valence-electron chi connectivity index (χ0n) is 9.54. The summed E-state index contributed by atoms with van der Waals surface area (Å²) in [4.78, 5) is 4.04. The first kappa shape index (κ1) is 10.5. The number of imidazole rings is 1. The first-order valence-electron chi connectivity index (χ1n) is 5.84. The number of morpholine rings is 1. The molecule has 1 saturated heterocycles. The van der Waals surface area contributed by atoms with Crippen LogP contribution in [0.4, 0.5) is 0 Å². The molecule has 1 fully saturated rings. The van der Waals surface area contributed by atoms with E-state index >= 15 is 0 Å². The molecule has 4 nitrogen and oxygen atoms in total. The van der Waals surface area contributed by atoms with Gasteiger partial charge in [-0.25, -0.2) is 4.98 Å². The Hall–Kier alpha value is -1.65. The molecule has 1 aromatic carbocycles. The van der Waals surface area contributed by atoms with Crippen molar-refractivity contribution < 1.29 is 4.74 Å². The van der Waals surface area contributed by atoms with E-state index in [2.05, 4.69) is 34.6 Å². The lowest BCUT2D eigenvalue weighted by Crippen LogP contribution is -2.33. The maximum Gasteiger partial charge on any atom is 0.0991 e. The van der Waals surface area contributed by atoms with Gasteiger partial charge in [-0.2, -0.15) is 0 Å². The highest BCUT2D eigenvalue weighted by molar-refractivity contribution is 5.35. The fourth-order valence-electron chi connectivity index (χ4n) is 2.05. The molecule has 0 bridgehead atoms. The number of benzene rings is 1. The predicted molar refractivity (Wildman–Crippen MR) is 65.1 cm³/mol. The molecule has 0 aliphatic carbocycles. The van der Waals surface area contributed by atoms with Gasteiger partial charge in [-0.1, -0.05) is 12.1 Å². The summed E-state index contributed by atoms with van der Waals surface area (Å²) < 4.78 is 7.70. The van der Waals surface area contributed by atoms with E-state index in [0.29, 0.717) is 0 Å². The fraction of sp³-hybridized carbons (Fsp3) is 0.308. The lowest BCUT2D eigenvalue weighted by Gasteiger charge is -2.24. The van der Waals surface area contributed by atoms with Gasteiger partial charge in [-0.05, 0) is 17.7 Å². The van der Waals surface area contributed by atoms with Crippen LogP contribution in [0.2, 0.25) is 0 Å². The van der Waals surface area contributed by atoms with Crippen molar-refractivity contribution in [3.8, 4) is 5.69 Å². The third-order valence-electron chi connectivity index (χ3n) is 3.00. The second-order valence-corrected chi connectivity index (χ2v) is 4.13. The molecular formula is C13H15N3O. The normalized spacial score (nSPS) is 20.4. The first-order chi connectivity index (χ1) is 8.43. The van der Waals surface area contributed by atoms with Gasteiger partial charge in [0.1, 0.15) is 0 Å². The van der Waals surface area contributed by atoms with Crippen molar-refractivity contribution in [3.63, 3.8) is 0 Å². The maximum atomic E-state index is 5.71. The summed E-state index contributed by atoms with van der Waals surface area (Å²) in [5.41, 5.74) is 2.34. The molecule has 1 aliphatic heterocycles. The molecule has 1 N–H and O–H groups in total. The topological polar surface area (TPSA) is 39.1 Å². The van der Waals surface area contributed by atoms with Crippen molar-refractivity contribution in [1.29, 1.82) is 0 Å². The van der Waals surface area contributed by atoms with Crippen LogP contribution in [-0.2, 0) is 4.74 Å². The molecule has 0 saturated carbocycles. The van der Waals surface area contributed by atoms with E-state index in [1.807, 2.05) is 10.8 Å². The summed E-state index contributed by atoms with van der Waals surface area (Å²) in [7, 11) is 0. The molecule has 0 amide bonds. The van der Waals surface area contributed by atoms with E-state index in [1.165, 1.54) is 5.56 Å². The molecule has 0 radical (unpaired) electrons. The minimum absolute atomic E-state index is 0.181. The second-order valence-electron chi connectivity index (χ2n) is 4.13. The average Bonchev–Trinajstić information content (AvgIpc) is 2.94. The van der Waals surface area contributed by atoms with Crippen molar-refractivity contribution >= 4 is 0 Å². The standard InChI is InChI=1S/C13H15N3O/c1-3-12(16-7-5-15-10-16)4-2-11(1)13-9-14-6-8-17-13/h1-5,7,10,13-14H,6,8-9H2. The summed E-state index contributed by atoms with van der Waals surface area (Å²) >= 11 is 0. The van der Waals surface area contributed by atoms with E-state index < -0.39 is 0 Å². The van der Waals surface area contributed by atoms with Crippen LogP contribution in [0.5, 0.6) is 0 Å². The third kappa shape index (κ3) is 2.23. The van der Waals surface area contributed by atoms with Crippen molar-refractivity contribution in [3.05, 3.63) is 48.5 Å². The van der Waals surface area contributed by atoms with Crippen LogP contribution in [0, 0.1) is 0 Å². The van der Waals surface area contributed by atoms with Crippen LogP contribution in [0.3, 0.4) is 0 Å². The van der Waals surface area contributed by atoms with Gasteiger partial charge in [0.05, 0.1) is 19.0 Å². The summed E-state index contributed by atoms with van der Waals surface area (Å²) in [6.07, 6.45) is 5.70. The number of rotatable bonds is 2. The van der Waals surface area contributed by atoms with E-state index in [1.54, 1.807) is 12.5 Å². The van der Waals surface area contributed by atoms with Crippen LogP contribution in [0.25, 0.3) is 5.69 Å². The van der Waals surface area contributed by atoms with Crippen molar-refractivity contribution in [2.45, 2.75) is 6.10 Å². The van der Waals surface area contributed by atoms with Crippen molar-refractivity contribution in [2.24, 2.45) is 0 Å². The smallest absolute Gasteiger partial charge is 0.0991 e. The SMILES string of the molecule is c1cn(-c2ccc(C3CNCCO3)cc2)cn1. The monoisotopic (exact) mass is 229 g/mol. The van der Waals surface area contributed by atoms with Crippen LogP contribution < -0.4 is 5.32 Å². The zero-order chi connectivity index (χ0) is 11.5. The number of nitrogens with one attached hydrogen (secondary N) is 1. The van der Waals surface area contributed by atoms with Crippen LogP contribution >= 0.6 is 0 Å². The van der Waals surface area contributed by atoms with Gasteiger partial charge in [-0.15, -0.1) is 0 Å². The molecule has 4 heteroatoms. The molecule has 0 spiro atoms. The van der Waals surface area contributed by atoms with Crippen LogP contribution in [0.1, 0.15) is 11.7 Å². The summed E-state index contributed by atoms with van der Waals surface area (Å²) in [5.74, 6) is 0. The Labute approximate surface area is 100 Å². The molecule has 1 unspecified atom stereocenters. The Kier molecular flexibility index (Phi) is 2.90. The molecule has 17 heavy (non-hydrogen) atoms. The largest absolute Gasteiger partial charge is 0.371 e. The highest BCUT2D eigenvalue weighted by Gasteiger charge is 2.15. The van der Waals surface area contributed by atoms with Gasteiger partial charge in [0.2, 0.25) is 0 Å². The van der Waals surface area contributed by atoms with Crippen LogP contribution in [-0.4, -0.2) is 29.2 Å². The fourth-order valence-corrected chi connectivity index (χ4v) is 2.05. The summed E-state index contributed by atoms with van der Waals surface area (Å²) in [6, 6.07) is 8.42. The Morgan fingerprint density at radius 1 is 1.29 bits per heavy atom. The van der Waals surface area contributed by atoms with Gasteiger partial charge < -0.3 is 14.6 Å². The minimum Gasteiger partial charge on any atom is -0.371 e. The number of ether oxygens (including phenoxy) is 1. The van der Waals surface area contributed by atoms with Crippen LogP contribution in [0.15, 0.2) is 43.0 Å². The number of hydrogen-bond donors (Lipinski definition) is 1. The maximum absolute atomic E-state index is 5.71. The second kappa shape index (κ2) is 4.69. The third-order valence-corrected chi connectivity index (χ3v) is 3.00. The Balaban J connectivity index is 1.80. The van der Waals surface area contributed by atoms with Gasteiger partial charge >= 0.3 is 0 Å². The number of nitrogens with zero attached hydrogens (tertiary/aromatic N) is 2. The molecule has 3 rings (SSSR count). The van der Waals surface area contributed by atoms with Gasteiger partial charge in [0.15, 0.2) is 0 Å². The van der Waals surface area contributed by atoms with E-state index in [0.717, 1.165) is 25.4 Å². The van der Waals surface area contributed by atoms with Gasteiger partial charge in [0, 0.05) is 31.2 Å². The lowest BCUT2D eigenvalue weighted by molar-refractivity contribution is 0.0277. The molecular weight excluding hydrogens is 214 g/mol. The van der Waals surface area contributed by atoms with Gasteiger partial charge in [0.25, 0.3) is 0 Å². The van der Waals surface area contributed by atoms with Crippen molar-refractivity contribution in [2.75, 3.05) is 19.7 Å². The molecule has 2 aromatic rings. The highest BCUT2D eigenvalue weighted by Crippen LogP contribution is 2.20. The molecule has 2 heterocycles. The quantitative estimate of drug-likeness (QED) is 0.849. The highest BCUT2D eigenvalue weighted by atomic mass is 16.5.